The zero-order valence-corrected chi connectivity index (χ0v) is 13.8. The van der Waals surface area contributed by atoms with Crippen molar-refractivity contribution in [3.8, 4) is 11.5 Å². The van der Waals surface area contributed by atoms with E-state index < -0.39 is 27.8 Å². The lowest BCUT2D eigenvalue weighted by molar-refractivity contribution is -0.385. The Kier molecular flexibility index (Phi) is 3.91. The van der Waals surface area contributed by atoms with Crippen LogP contribution in [-0.4, -0.2) is 23.4 Å². The van der Waals surface area contributed by atoms with E-state index in [1.54, 1.807) is 0 Å². The first kappa shape index (κ1) is 16.6. The molecule has 0 bridgehead atoms. The van der Waals surface area contributed by atoms with Gasteiger partial charge in [-0.15, -0.1) is 11.8 Å². The second-order valence-corrected chi connectivity index (χ2v) is 6.61. The summed E-state index contributed by atoms with van der Waals surface area (Å²) in [5.41, 5.74) is -0.230. The molecule has 2 aromatic rings. The van der Waals surface area contributed by atoms with Crippen LogP contribution < -0.4 is 14.4 Å². The van der Waals surface area contributed by atoms with Crippen LogP contribution in [0.4, 0.5) is 20.2 Å². The average Bonchev–Trinajstić information content (AvgIpc) is 3.20. The summed E-state index contributed by atoms with van der Waals surface area (Å²) in [4.78, 5) is 24.3. The van der Waals surface area contributed by atoms with E-state index in [4.69, 9.17) is 9.47 Å². The number of benzene rings is 2. The minimum Gasteiger partial charge on any atom is -0.454 e. The number of anilines is 1. The number of thioether (sulfide) groups is 1. The van der Waals surface area contributed by atoms with E-state index in [1.165, 1.54) is 12.1 Å². The molecule has 1 saturated heterocycles. The molecule has 4 rings (SSSR count). The predicted octanol–water partition coefficient (Wildman–Crippen LogP) is 3.38. The molecule has 0 aromatic heterocycles. The second-order valence-electron chi connectivity index (χ2n) is 5.54. The molecule has 2 aliphatic heterocycles. The largest absolute Gasteiger partial charge is 0.454 e. The van der Waals surface area contributed by atoms with E-state index in [9.17, 15) is 23.7 Å². The van der Waals surface area contributed by atoms with Gasteiger partial charge < -0.3 is 9.47 Å². The number of hydrogen-bond acceptors (Lipinski definition) is 6. The van der Waals surface area contributed by atoms with Crippen molar-refractivity contribution in [2.45, 2.75) is 5.37 Å². The van der Waals surface area contributed by atoms with Crippen LogP contribution in [0.25, 0.3) is 0 Å². The number of halogens is 2. The lowest BCUT2D eigenvalue weighted by atomic mass is 10.1. The first-order valence-corrected chi connectivity index (χ1v) is 8.47. The second kappa shape index (κ2) is 6.13. The van der Waals surface area contributed by atoms with Crippen LogP contribution in [0, 0.1) is 21.7 Å². The first-order chi connectivity index (χ1) is 12.5. The molecule has 1 fully saturated rings. The maximum absolute atomic E-state index is 14.2. The van der Waals surface area contributed by atoms with E-state index in [2.05, 4.69) is 0 Å². The molecule has 0 saturated carbocycles. The normalized spacial score (nSPS) is 18.5. The van der Waals surface area contributed by atoms with Crippen LogP contribution >= 0.6 is 11.8 Å². The van der Waals surface area contributed by atoms with Gasteiger partial charge in [0.05, 0.1) is 28.0 Å². The maximum Gasteiger partial charge on any atom is 0.279 e. The van der Waals surface area contributed by atoms with Crippen LogP contribution in [0.1, 0.15) is 10.9 Å². The molecule has 1 amide bonds. The fraction of sp³-hybridized carbons (Fsp3) is 0.188. The number of nitrogens with zero attached hydrogens (tertiary/aromatic N) is 2. The molecule has 0 unspecified atom stereocenters. The zero-order valence-electron chi connectivity index (χ0n) is 13.0. The number of rotatable bonds is 3. The molecule has 0 aliphatic carbocycles. The fourth-order valence-electron chi connectivity index (χ4n) is 2.89. The van der Waals surface area contributed by atoms with Gasteiger partial charge in [0.25, 0.3) is 5.69 Å². The van der Waals surface area contributed by atoms with E-state index in [0.717, 1.165) is 28.8 Å². The molecule has 1 atom stereocenters. The fourth-order valence-corrected chi connectivity index (χ4v) is 4.08. The summed E-state index contributed by atoms with van der Waals surface area (Å²) in [6.45, 7) is -0.0665. The third-order valence-electron chi connectivity index (χ3n) is 4.02. The summed E-state index contributed by atoms with van der Waals surface area (Å²) in [6.07, 6.45) is 0. The lowest BCUT2D eigenvalue weighted by Crippen LogP contribution is -2.29. The summed E-state index contributed by atoms with van der Waals surface area (Å²) in [5, 5.41) is 10.6. The topological polar surface area (TPSA) is 81.9 Å². The first-order valence-electron chi connectivity index (χ1n) is 7.42. The number of carbonyl (C=O) groups is 1. The van der Waals surface area contributed by atoms with Crippen LogP contribution in [-0.2, 0) is 4.79 Å². The van der Waals surface area contributed by atoms with Gasteiger partial charge in [-0.05, 0) is 18.2 Å². The standard InChI is InChI=1S/C16H10F2N2O5S/c17-8-1-2-11(10(18)3-8)19-15(21)6-26-16(19)9-4-13-14(25-7-24-13)5-12(9)20(22)23/h1-5,16H,6-7H2/t16-/m1/s1. The van der Waals surface area contributed by atoms with Gasteiger partial charge in [-0.1, -0.05) is 0 Å². The van der Waals surface area contributed by atoms with Crippen molar-refractivity contribution >= 4 is 29.0 Å². The van der Waals surface area contributed by atoms with Gasteiger partial charge in [0.2, 0.25) is 12.7 Å². The highest BCUT2D eigenvalue weighted by molar-refractivity contribution is 8.00. The molecule has 0 N–H and O–H groups in total. The molecule has 10 heteroatoms. The molecule has 0 radical (unpaired) electrons. The molecule has 2 aliphatic rings. The lowest BCUT2D eigenvalue weighted by Gasteiger charge is -2.24. The smallest absolute Gasteiger partial charge is 0.279 e. The Morgan fingerprint density at radius 3 is 2.62 bits per heavy atom. The molecule has 2 aromatic carbocycles. The SMILES string of the molecule is O=C1CS[C@H](c2cc3c(cc2[N+](=O)[O-])OCO3)N1c1ccc(F)cc1F. The number of amides is 1. The molecular weight excluding hydrogens is 370 g/mol. The number of nitro groups is 1. The van der Waals surface area contributed by atoms with Crippen molar-refractivity contribution < 1.29 is 28.0 Å². The van der Waals surface area contributed by atoms with Crippen molar-refractivity contribution in [3.05, 3.63) is 57.6 Å². The Morgan fingerprint density at radius 1 is 1.19 bits per heavy atom. The van der Waals surface area contributed by atoms with Gasteiger partial charge >= 0.3 is 0 Å². The van der Waals surface area contributed by atoms with E-state index in [1.807, 2.05) is 0 Å². The Hall–Kier alpha value is -2.88. The van der Waals surface area contributed by atoms with Crippen LogP contribution in [0.15, 0.2) is 30.3 Å². The molecule has 134 valence electrons. The number of ether oxygens (including phenoxy) is 2. The van der Waals surface area contributed by atoms with Gasteiger partial charge in [-0.25, -0.2) is 8.78 Å². The molecule has 0 spiro atoms. The quantitative estimate of drug-likeness (QED) is 0.600. The zero-order chi connectivity index (χ0) is 18.4. The number of hydrogen-bond donors (Lipinski definition) is 0. The van der Waals surface area contributed by atoms with Crippen molar-refractivity contribution in [3.63, 3.8) is 0 Å². The van der Waals surface area contributed by atoms with Gasteiger partial charge in [0.15, 0.2) is 11.5 Å². The highest BCUT2D eigenvalue weighted by atomic mass is 32.2. The summed E-state index contributed by atoms with van der Waals surface area (Å²) in [6, 6.07) is 5.47. The third kappa shape index (κ3) is 2.62. The number of carbonyl (C=O) groups excluding carboxylic acids is 1. The molecule has 2 heterocycles. The van der Waals surface area contributed by atoms with Crippen LogP contribution in [0.2, 0.25) is 0 Å². The third-order valence-corrected chi connectivity index (χ3v) is 5.22. The van der Waals surface area contributed by atoms with Gasteiger partial charge in [0, 0.05) is 6.07 Å². The summed E-state index contributed by atoms with van der Waals surface area (Å²) in [7, 11) is 0. The van der Waals surface area contributed by atoms with E-state index in [-0.39, 0.29) is 35.2 Å². The maximum atomic E-state index is 14.2. The summed E-state index contributed by atoms with van der Waals surface area (Å²) >= 11 is 1.11. The van der Waals surface area contributed by atoms with Crippen molar-refractivity contribution in [2.75, 3.05) is 17.4 Å². The summed E-state index contributed by atoms with van der Waals surface area (Å²) in [5.74, 6) is -1.59. The van der Waals surface area contributed by atoms with Gasteiger partial charge in [-0.2, -0.15) is 0 Å². The summed E-state index contributed by atoms with van der Waals surface area (Å²) < 4.78 is 37.8. The monoisotopic (exact) mass is 380 g/mol. The highest BCUT2D eigenvalue weighted by Gasteiger charge is 2.40. The molecule has 7 nitrogen and oxygen atoms in total. The van der Waals surface area contributed by atoms with Crippen LogP contribution in [0.3, 0.4) is 0 Å². The average molecular weight is 380 g/mol. The Bertz CT molecular complexity index is 939. The number of fused-ring (bicyclic) bond motifs is 1. The van der Waals surface area contributed by atoms with Crippen molar-refractivity contribution in [1.82, 2.24) is 0 Å². The van der Waals surface area contributed by atoms with Crippen molar-refractivity contribution in [1.29, 1.82) is 0 Å². The highest BCUT2D eigenvalue weighted by Crippen LogP contribution is 2.49. The molecular formula is C16H10F2N2O5S. The minimum atomic E-state index is -0.922. The van der Waals surface area contributed by atoms with Gasteiger partial charge in [-0.3, -0.25) is 19.8 Å². The predicted molar refractivity (Wildman–Crippen MR) is 88.3 cm³/mol. The van der Waals surface area contributed by atoms with E-state index >= 15 is 0 Å². The molecule has 26 heavy (non-hydrogen) atoms. The number of nitro benzene ring substituents is 1. The van der Waals surface area contributed by atoms with E-state index in [0.29, 0.717) is 11.8 Å². The Balaban J connectivity index is 1.84. The minimum absolute atomic E-state index is 0.00702. The van der Waals surface area contributed by atoms with Gasteiger partial charge in [0.1, 0.15) is 17.0 Å². The Labute approximate surface area is 149 Å². The van der Waals surface area contributed by atoms with Crippen molar-refractivity contribution in [2.24, 2.45) is 0 Å². The Morgan fingerprint density at radius 2 is 1.92 bits per heavy atom. The van der Waals surface area contributed by atoms with Crippen LogP contribution in [0.5, 0.6) is 11.5 Å².